The zero-order valence-corrected chi connectivity index (χ0v) is 11.5. The maximum Gasteiger partial charge on any atom is 0.0346 e. The van der Waals surface area contributed by atoms with Crippen molar-refractivity contribution < 1.29 is 0 Å². The molecule has 0 saturated carbocycles. The van der Waals surface area contributed by atoms with Gasteiger partial charge in [-0.3, -0.25) is 0 Å². The van der Waals surface area contributed by atoms with E-state index in [-0.39, 0.29) is 6.04 Å². The molecule has 84 valence electrons. The summed E-state index contributed by atoms with van der Waals surface area (Å²) in [7, 11) is 0. The fourth-order valence-corrected chi connectivity index (χ4v) is 2.91. The minimum Gasteiger partial charge on any atom is -0.324 e. The fourth-order valence-electron chi connectivity index (χ4n) is 1.73. The summed E-state index contributed by atoms with van der Waals surface area (Å²) >= 11 is 5.15. The van der Waals surface area contributed by atoms with Crippen LogP contribution in [0.4, 0.5) is 0 Å². The van der Waals surface area contributed by atoms with Gasteiger partial charge in [-0.25, -0.2) is 0 Å². The van der Waals surface area contributed by atoms with Gasteiger partial charge in [-0.05, 0) is 52.9 Å². The van der Waals surface area contributed by atoms with Crippen LogP contribution in [0.5, 0.6) is 0 Å². The van der Waals surface area contributed by atoms with Gasteiger partial charge in [-0.15, -0.1) is 0 Å². The smallest absolute Gasteiger partial charge is 0.0346 e. The van der Waals surface area contributed by atoms with Gasteiger partial charge in [-0.1, -0.05) is 28.1 Å². The minimum absolute atomic E-state index is 0.104. The standard InChI is InChI=1S/C13H14BrNS/c1-9-7-16-8-12(9)13(15)6-10-2-4-11(14)5-3-10/h2-5,7-8,13H,6,15H2,1H3. The van der Waals surface area contributed by atoms with Gasteiger partial charge in [0.15, 0.2) is 0 Å². The Bertz CT molecular complexity index is 461. The molecule has 0 aliphatic carbocycles. The first-order valence-corrected chi connectivity index (χ1v) is 6.93. The summed E-state index contributed by atoms with van der Waals surface area (Å²) in [5.74, 6) is 0. The Labute approximate surface area is 108 Å². The molecule has 0 saturated heterocycles. The average molecular weight is 296 g/mol. The first kappa shape index (κ1) is 11.8. The lowest BCUT2D eigenvalue weighted by molar-refractivity contribution is 0.720. The first-order valence-electron chi connectivity index (χ1n) is 5.19. The van der Waals surface area contributed by atoms with Crippen molar-refractivity contribution in [3.63, 3.8) is 0 Å². The first-order chi connectivity index (χ1) is 7.66. The van der Waals surface area contributed by atoms with Crippen LogP contribution in [0.1, 0.15) is 22.7 Å². The lowest BCUT2D eigenvalue weighted by Crippen LogP contribution is -2.13. The molecule has 0 amide bonds. The van der Waals surface area contributed by atoms with Gasteiger partial charge in [0.2, 0.25) is 0 Å². The Balaban J connectivity index is 2.10. The number of halogens is 1. The molecule has 1 heterocycles. The molecule has 1 nitrogen and oxygen atoms in total. The van der Waals surface area contributed by atoms with E-state index in [0.717, 1.165) is 10.9 Å². The Morgan fingerprint density at radius 1 is 1.25 bits per heavy atom. The van der Waals surface area contributed by atoms with Crippen molar-refractivity contribution >= 4 is 27.3 Å². The number of nitrogens with two attached hydrogens (primary N) is 1. The number of hydrogen-bond acceptors (Lipinski definition) is 2. The second kappa shape index (κ2) is 5.13. The Kier molecular flexibility index (Phi) is 3.79. The molecular weight excluding hydrogens is 282 g/mol. The molecule has 0 aliphatic heterocycles. The van der Waals surface area contributed by atoms with Gasteiger partial charge < -0.3 is 5.73 Å². The van der Waals surface area contributed by atoms with Crippen LogP contribution < -0.4 is 5.73 Å². The Hall–Kier alpha value is -0.640. The number of hydrogen-bond donors (Lipinski definition) is 1. The summed E-state index contributed by atoms with van der Waals surface area (Å²) in [5.41, 5.74) is 10.1. The zero-order chi connectivity index (χ0) is 11.5. The third-order valence-corrected chi connectivity index (χ3v) is 4.07. The predicted octanol–water partition coefficient (Wildman–Crippen LogP) is 4.06. The van der Waals surface area contributed by atoms with Crippen molar-refractivity contribution in [3.05, 3.63) is 56.2 Å². The zero-order valence-electron chi connectivity index (χ0n) is 9.11. The summed E-state index contributed by atoms with van der Waals surface area (Å²) in [6.45, 7) is 2.12. The van der Waals surface area contributed by atoms with Gasteiger partial charge >= 0.3 is 0 Å². The molecule has 16 heavy (non-hydrogen) atoms. The van der Waals surface area contributed by atoms with Crippen molar-refractivity contribution in [2.45, 2.75) is 19.4 Å². The molecule has 0 spiro atoms. The van der Waals surface area contributed by atoms with E-state index in [2.05, 4.69) is 57.9 Å². The molecule has 0 bridgehead atoms. The maximum atomic E-state index is 6.21. The summed E-state index contributed by atoms with van der Waals surface area (Å²) < 4.78 is 1.11. The van der Waals surface area contributed by atoms with E-state index in [0.29, 0.717) is 0 Å². The lowest BCUT2D eigenvalue weighted by Gasteiger charge is -2.11. The molecule has 1 atom stereocenters. The van der Waals surface area contributed by atoms with Crippen LogP contribution >= 0.6 is 27.3 Å². The van der Waals surface area contributed by atoms with Crippen LogP contribution in [0.3, 0.4) is 0 Å². The lowest BCUT2D eigenvalue weighted by atomic mass is 10.00. The second-order valence-corrected chi connectivity index (χ2v) is 5.61. The monoisotopic (exact) mass is 295 g/mol. The van der Waals surface area contributed by atoms with E-state index in [4.69, 9.17) is 5.73 Å². The van der Waals surface area contributed by atoms with Crippen molar-refractivity contribution in [3.8, 4) is 0 Å². The van der Waals surface area contributed by atoms with Crippen molar-refractivity contribution in [2.75, 3.05) is 0 Å². The molecule has 2 N–H and O–H groups in total. The molecule has 2 aromatic rings. The quantitative estimate of drug-likeness (QED) is 0.908. The molecule has 1 unspecified atom stereocenters. The van der Waals surface area contributed by atoms with E-state index < -0.39 is 0 Å². The molecule has 0 fully saturated rings. The minimum atomic E-state index is 0.104. The van der Waals surface area contributed by atoms with E-state index in [1.807, 2.05) is 0 Å². The number of benzene rings is 1. The number of rotatable bonds is 3. The number of thiophene rings is 1. The summed E-state index contributed by atoms with van der Waals surface area (Å²) in [4.78, 5) is 0. The summed E-state index contributed by atoms with van der Waals surface area (Å²) in [5, 5.41) is 4.30. The van der Waals surface area contributed by atoms with Crippen LogP contribution in [0.15, 0.2) is 39.5 Å². The van der Waals surface area contributed by atoms with Crippen LogP contribution in [0.2, 0.25) is 0 Å². The van der Waals surface area contributed by atoms with Crippen molar-refractivity contribution in [1.82, 2.24) is 0 Å². The highest BCUT2D eigenvalue weighted by atomic mass is 79.9. The average Bonchev–Trinajstić information content (AvgIpc) is 2.68. The third kappa shape index (κ3) is 2.73. The van der Waals surface area contributed by atoms with E-state index >= 15 is 0 Å². The van der Waals surface area contributed by atoms with Crippen LogP contribution in [-0.2, 0) is 6.42 Å². The summed E-state index contributed by atoms with van der Waals surface area (Å²) in [6, 6.07) is 8.45. The topological polar surface area (TPSA) is 26.0 Å². The third-order valence-electron chi connectivity index (χ3n) is 2.66. The molecule has 2 rings (SSSR count). The second-order valence-electron chi connectivity index (χ2n) is 3.95. The largest absolute Gasteiger partial charge is 0.324 e. The van der Waals surface area contributed by atoms with Gasteiger partial charge in [0.25, 0.3) is 0 Å². The molecule has 1 aromatic heterocycles. The van der Waals surface area contributed by atoms with Crippen LogP contribution in [0, 0.1) is 6.92 Å². The van der Waals surface area contributed by atoms with Gasteiger partial charge in [0.05, 0.1) is 0 Å². The Morgan fingerprint density at radius 3 is 2.50 bits per heavy atom. The molecule has 3 heteroatoms. The molecule has 0 radical (unpaired) electrons. The van der Waals surface area contributed by atoms with Gasteiger partial charge in [0, 0.05) is 10.5 Å². The Morgan fingerprint density at radius 2 is 1.94 bits per heavy atom. The fraction of sp³-hybridized carbons (Fsp3) is 0.231. The van der Waals surface area contributed by atoms with E-state index in [1.165, 1.54) is 16.7 Å². The molecular formula is C13H14BrNS. The molecule has 0 aliphatic rings. The predicted molar refractivity (Wildman–Crippen MR) is 73.8 cm³/mol. The summed E-state index contributed by atoms with van der Waals surface area (Å²) in [6.07, 6.45) is 0.894. The van der Waals surface area contributed by atoms with Gasteiger partial charge in [0.1, 0.15) is 0 Å². The molecule has 1 aromatic carbocycles. The highest BCUT2D eigenvalue weighted by Gasteiger charge is 2.10. The van der Waals surface area contributed by atoms with E-state index in [9.17, 15) is 0 Å². The van der Waals surface area contributed by atoms with Gasteiger partial charge in [-0.2, -0.15) is 11.3 Å². The normalized spacial score (nSPS) is 12.7. The van der Waals surface area contributed by atoms with Crippen molar-refractivity contribution in [1.29, 1.82) is 0 Å². The van der Waals surface area contributed by atoms with Crippen LogP contribution in [-0.4, -0.2) is 0 Å². The van der Waals surface area contributed by atoms with Crippen LogP contribution in [0.25, 0.3) is 0 Å². The highest BCUT2D eigenvalue weighted by molar-refractivity contribution is 9.10. The highest BCUT2D eigenvalue weighted by Crippen LogP contribution is 2.23. The van der Waals surface area contributed by atoms with Crippen molar-refractivity contribution in [2.24, 2.45) is 5.73 Å². The maximum absolute atomic E-state index is 6.21. The number of aryl methyl sites for hydroxylation is 1. The SMILES string of the molecule is Cc1cscc1C(N)Cc1ccc(Br)cc1. The van der Waals surface area contributed by atoms with E-state index in [1.54, 1.807) is 11.3 Å².